The van der Waals surface area contributed by atoms with Gasteiger partial charge in [0.2, 0.25) is 0 Å². The van der Waals surface area contributed by atoms with Crippen molar-refractivity contribution in [2.45, 2.75) is 40.7 Å². The maximum absolute atomic E-state index is 3.68. The van der Waals surface area contributed by atoms with Gasteiger partial charge in [-0.15, -0.1) is 0 Å². The van der Waals surface area contributed by atoms with E-state index in [1.54, 1.807) is 0 Å². The maximum Gasteiger partial charge on any atom is 0.0292 e. The standard InChI is InChI=1S/C16H24BrN/c1-11(12-7-6-8-13(17)9-12)18-10-14-15(2,3)16(14,4)5/h6-9,11,14,18H,10H2,1-5H3. The van der Waals surface area contributed by atoms with E-state index >= 15 is 0 Å². The highest BCUT2D eigenvalue weighted by atomic mass is 79.9. The second kappa shape index (κ2) is 4.64. The molecule has 1 aromatic rings. The van der Waals surface area contributed by atoms with Gasteiger partial charge in [-0.2, -0.15) is 0 Å². The number of hydrogen-bond acceptors (Lipinski definition) is 1. The molecule has 2 rings (SSSR count). The summed E-state index contributed by atoms with van der Waals surface area (Å²) in [4.78, 5) is 0. The number of rotatable bonds is 4. The molecule has 1 saturated carbocycles. The molecule has 0 spiro atoms. The van der Waals surface area contributed by atoms with Crippen LogP contribution in [0.4, 0.5) is 0 Å². The molecule has 0 aromatic heterocycles. The maximum atomic E-state index is 3.68. The molecule has 1 aromatic carbocycles. The summed E-state index contributed by atoms with van der Waals surface area (Å²) >= 11 is 3.53. The van der Waals surface area contributed by atoms with Gasteiger partial charge in [0.05, 0.1) is 0 Å². The molecule has 1 aliphatic carbocycles. The molecular formula is C16H24BrN. The Kier molecular flexibility index (Phi) is 3.63. The molecule has 0 bridgehead atoms. The van der Waals surface area contributed by atoms with E-state index in [9.17, 15) is 0 Å². The molecule has 2 heteroatoms. The van der Waals surface area contributed by atoms with Crippen molar-refractivity contribution in [3.8, 4) is 0 Å². The first-order valence-electron chi connectivity index (χ1n) is 6.75. The van der Waals surface area contributed by atoms with Gasteiger partial charge >= 0.3 is 0 Å². The van der Waals surface area contributed by atoms with Crippen LogP contribution >= 0.6 is 15.9 Å². The normalized spacial score (nSPS) is 22.8. The topological polar surface area (TPSA) is 12.0 Å². The molecule has 18 heavy (non-hydrogen) atoms. The summed E-state index contributed by atoms with van der Waals surface area (Å²) in [6, 6.07) is 8.97. The predicted molar refractivity (Wildman–Crippen MR) is 81.6 cm³/mol. The lowest BCUT2D eigenvalue weighted by Crippen LogP contribution is -2.23. The van der Waals surface area contributed by atoms with Gasteiger partial charge in [-0.05, 0) is 47.9 Å². The van der Waals surface area contributed by atoms with Crippen molar-refractivity contribution in [3.05, 3.63) is 34.3 Å². The van der Waals surface area contributed by atoms with Gasteiger partial charge in [0.25, 0.3) is 0 Å². The fraction of sp³-hybridized carbons (Fsp3) is 0.625. The number of benzene rings is 1. The van der Waals surface area contributed by atoms with Gasteiger partial charge in [0.1, 0.15) is 0 Å². The van der Waals surface area contributed by atoms with Gasteiger partial charge in [-0.3, -0.25) is 0 Å². The average molecular weight is 310 g/mol. The third-order valence-electron chi connectivity index (χ3n) is 5.30. The highest BCUT2D eigenvalue weighted by molar-refractivity contribution is 9.10. The number of hydrogen-bond donors (Lipinski definition) is 1. The van der Waals surface area contributed by atoms with Crippen LogP contribution in [-0.4, -0.2) is 6.54 Å². The lowest BCUT2D eigenvalue weighted by Gasteiger charge is -2.15. The second-order valence-corrected chi connectivity index (χ2v) is 7.60. The van der Waals surface area contributed by atoms with Crippen molar-refractivity contribution in [2.75, 3.05) is 6.54 Å². The Balaban J connectivity index is 1.92. The molecule has 1 fully saturated rings. The van der Waals surface area contributed by atoms with Crippen molar-refractivity contribution in [1.82, 2.24) is 5.32 Å². The summed E-state index contributed by atoms with van der Waals surface area (Å²) < 4.78 is 1.15. The van der Waals surface area contributed by atoms with Crippen LogP contribution in [-0.2, 0) is 0 Å². The molecule has 100 valence electrons. The lowest BCUT2D eigenvalue weighted by molar-refractivity contribution is 0.457. The Morgan fingerprint density at radius 2 is 1.83 bits per heavy atom. The fourth-order valence-electron chi connectivity index (χ4n) is 3.03. The number of halogens is 1. The van der Waals surface area contributed by atoms with E-state index in [1.165, 1.54) is 5.56 Å². The van der Waals surface area contributed by atoms with Gasteiger partial charge in [-0.1, -0.05) is 55.8 Å². The minimum Gasteiger partial charge on any atom is -0.310 e. The molecule has 0 aliphatic heterocycles. The molecule has 0 saturated heterocycles. The zero-order valence-electron chi connectivity index (χ0n) is 12.0. The molecule has 0 radical (unpaired) electrons. The Labute approximate surface area is 119 Å². The zero-order valence-corrected chi connectivity index (χ0v) is 13.6. The molecule has 1 atom stereocenters. The van der Waals surface area contributed by atoms with E-state index in [0.29, 0.717) is 16.9 Å². The minimum absolute atomic E-state index is 0.412. The third-order valence-corrected chi connectivity index (χ3v) is 5.79. The van der Waals surface area contributed by atoms with Crippen LogP contribution in [0.15, 0.2) is 28.7 Å². The summed E-state index contributed by atoms with van der Waals surface area (Å²) in [6.45, 7) is 12.9. The Morgan fingerprint density at radius 1 is 1.22 bits per heavy atom. The Morgan fingerprint density at radius 3 is 2.33 bits per heavy atom. The molecular weight excluding hydrogens is 286 g/mol. The molecule has 0 amide bonds. The second-order valence-electron chi connectivity index (χ2n) is 6.68. The molecule has 1 nitrogen and oxygen atoms in total. The predicted octanol–water partition coefficient (Wildman–Crippen LogP) is 4.78. The third kappa shape index (κ3) is 2.37. The van der Waals surface area contributed by atoms with Crippen molar-refractivity contribution in [3.63, 3.8) is 0 Å². The minimum atomic E-state index is 0.412. The first-order valence-corrected chi connectivity index (χ1v) is 7.55. The van der Waals surface area contributed by atoms with Gasteiger partial charge < -0.3 is 5.32 Å². The molecule has 1 aliphatic rings. The van der Waals surface area contributed by atoms with Crippen LogP contribution in [0.1, 0.15) is 46.2 Å². The van der Waals surface area contributed by atoms with E-state index in [1.807, 2.05) is 0 Å². The van der Waals surface area contributed by atoms with E-state index < -0.39 is 0 Å². The highest BCUT2D eigenvalue weighted by Crippen LogP contribution is 2.68. The average Bonchev–Trinajstić information content (AvgIpc) is 2.66. The van der Waals surface area contributed by atoms with Crippen LogP contribution in [0.3, 0.4) is 0 Å². The zero-order chi connectivity index (χ0) is 13.6. The SMILES string of the molecule is CC(NCC1C(C)(C)C1(C)C)c1cccc(Br)c1. The summed E-state index contributed by atoms with van der Waals surface area (Å²) in [6.07, 6.45) is 0. The lowest BCUT2D eigenvalue weighted by atomic mass is 10.0. The van der Waals surface area contributed by atoms with Gasteiger partial charge in [-0.25, -0.2) is 0 Å². The summed E-state index contributed by atoms with van der Waals surface area (Å²) in [5.74, 6) is 0.777. The molecule has 0 heterocycles. The molecule has 1 N–H and O–H groups in total. The molecule has 1 unspecified atom stereocenters. The highest BCUT2D eigenvalue weighted by Gasteiger charge is 2.63. The van der Waals surface area contributed by atoms with Gasteiger partial charge in [0.15, 0.2) is 0 Å². The Bertz CT molecular complexity index is 422. The summed E-state index contributed by atoms with van der Waals surface area (Å²) in [5, 5.41) is 3.68. The monoisotopic (exact) mass is 309 g/mol. The quantitative estimate of drug-likeness (QED) is 0.844. The van der Waals surface area contributed by atoms with Crippen LogP contribution < -0.4 is 5.32 Å². The van der Waals surface area contributed by atoms with Crippen molar-refractivity contribution < 1.29 is 0 Å². The van der Waals surface area contributed by atoms with Crippen molar-refractivity contribution in [1.29, 1.82) is 0 Å². The van der Waals surface area contributed by atoms with Crippen LogP contribution in [0.25, 0.3) is 0 Å². The van der Waals surface area contributed by atoms with Crippen LogP contribution in [0.5, 0.6) is 0 Å². The largest absolute Gasteiger partial charge is 0.310 e. The van der Waals surface area contributed by atoms with E-state index in [2.05, 4.69) is 80.1 Å². The Hall–Kier alpha value is -0.340. The van der Waals surface area contributed by atoms with Crippen molar-refractivity contribution in [2.24, 2.45) is 16.7 Å². The summed E-state index contributed by atoms with van der Waals surface area (Å²) in [7, 11) is 0. The first-order chi connectivity index (χ1) is 8.26. The number of nitrogens with one attached hydrogen (secondary N) is 1. The van der Waals surface area contributed by atoms with Crippen molar-refractivity contribution >= 4 is 15.9 Å². The van der Waals surface area contributed by atoms with E-state index in [0.717, 1.165) is 16.9 Å². The summed E-state index contributed by atoms with van der Waals surface area (Å²) in [5.41, 5.74) is 2.29. The van der Waals surface area contributed by atoms with Crippen LogP contribution in [0.2, 0.25) is 0 Å². The van der Waals surface area contributed by atoms with Gasteiger partial charge in [0, 0.05) is 10.5 Å². The fourth-order valence-corrected chi connectivity index (χ4v) is 3.45. The van der Waals surface area contributed by atoms with Crippen LogP contribution in [0, 0.1) is 16.7 Å². The smallest absolute Gasteiger partial charge is 0.0292 e. The van der Waals surface area contributed by atoms with E-state index in [-0.39, 0.29) is 0 Å². The van der Waals surface area contributed by atoms with E-state index in [4.69, 9.17) is 0 Å². The first kappa shape index (κ1) is 14.1.